The molecule has 0 radical (unpaired) electrons. The number of aliphatic imine (C=N–C) groups is 1. The van der Waals surface area contributed by atoms with Crippen molar-refractivity contribution in [1.29, 1.82) is 0 Å². The third-order valence-corrected chi connectivity index (χ3v) is 2.06. The molecule has 0 bridgehead atoms. The van der Waals surface area contributed by atoms with Crippen molar-refractivity contribution in [2.45, 2.75) is 25.9 Å². The first kappa shape index (κ1) is 12.1. The minimum absolute atomic E-state index is 0.136. The second kappa shape index (κ2) is 4.97. The SMILES string of the molecule is CCC(O)(C=O)CN=C(C)N(C)C. The highest BCUT2D eigenvalue weighted by molar-refractivity contribution is 5.79. The van der Waals surface area contributed by atoms with Gasteiger partial charge in [0.25, 0.3) is 0 Å². The van der Waals surface area contributed by atoms with Gasteiger partial charge >= 0.3 is 0 Å². The van der Waals surface area contributed by atoms with Crippen LogP contribution in [0.5, 0.6) is 0 Å². The summed E-state index contributed by atoms with van der Waals surface area (Å²) in [6, 6.07) is 0. The summed E-state index contributed by atoms with van der Waals surface area (Å²) in [7, 11) is 3.73. The molecule has 1 atom stereocenters. The predicted molar refractivity (Wildman–Crippen MR) is 53.0 cm³/mol. The Bertz CT molecular complexity index is 202. The lowest BCUT2D eigenvalue weighted by atomic mass is 10.0. The number of nitrogens with zero attached hydrogens (tertiary/aromatic N) is 2. The first-order valence-electron chi connectivity index (χ1n) is 4.32. The number of rotatable bonds is 4. The van der Waals surface area contributed by atoms with E-state index in [4.69, 9.17) is 0 Å². The van der Waals surface area contributed by atoms with Gasteiger partial charge in [-0.3, -0.25) is 4.99 Å². The molecule has 0 fully saturated rings. The Balaban J connectivity index is 4.28. The number of amidine groups is 1. The lowest BCUT2D eigenvalue weighted by Crippen LogP contribution is -2.34. The first-order chi connectivity index (χ1) is 5.95. The maximum atomic E-state index is 10.5. The highest BCUT2D eigenvalue weighted by Gasteiger charge is 2.22. The molecule has 4 heteroatoms. The van der Waals surface area contributed by atoms with Gasteiger partial charge < -0.3 is 14.8 Å². The molecule has 0 saturated heterocycles. The molecule has 1 unspecified atom stereocenters. The van der Waals surface area contributed by atoms with Crippen LogP contribution in [0.2, 0.25) is 0 Å². The summed E-state index contributed by atoms with van der Waals surface area (Å²) in [6.07, 6.45) is 0.945. The fraction of sp³-hybridized carbons (Fsp3) is 0.778. The Morgan fingerprint density at radius 1 is 1.62 bits per heavy atom. The summed E-state index contributed by atoms with van der Waals surface area (Å²) in [5, 5.41) is 9.57. The second-order valence-electron chi connectivity index (χ2n) is 3.33. The van der Waals surface area contributed by atoms with Crippen LogP contribution in [0.1, 0.15) is 20.3 Å². The van der Waals surface area contributed by atoms with E-state index in [-0.39, 0.29) is 6.54 Å². The van der Waals surface area contributed by atoms with Crippen molar-refractivity contribution in [3.05, 3.63) is 0 Å². The number of carbonyl (C=O) groups is 1. The zero-order valence-electron chi connectivity index (χ0n) is 8.74. The smallest absolute Gasteiger partial charge is 0.153 e. The normalized spacial score (nSPS) is 16.5. The topological polar surface area (TPSA) is 52.9 Å². The van der Waals surface area contributed by atoms with Gasteiger partial charge in [-0.15, -0.1) is 0 Å². The Labute approximate surface area is 79.3 Å². The summed E-state index contributed by atoms with van der Waals surface area (Å²) in [6.45, 7) is 3.73. The molecular formula is C9H18N2O2. The molecule has 0 aliphatic heterocycles. The van der Waals surface area contributed by atoms with Crippen LogP contribution in [-0.4, -0.2) is 48.4 Å². The van der Waals surface area contributed by atoms with Gasteiger partial charge in [0.1, 0.15) is 5.60 Å². The van der Waals surface area contributed by atoms with Crippen LogP contribution < -0.4 is 0 Å². The van der Waals surface area contributed by atoms with Crippen molar-refractivity contribution in [2.75, 3.05) is 20.6 Å². The molecule has 0 rings (SSSR count). The van der Waals surface area contributed by atoms with E-state index in [1.54, 1.807) is 6.92 Å². The molecule has 0 aromatic rings. The highest BCUT2D eigenvalue weighted by Crippen LogP contribution is 2.06. The van der Waals surface area contributed by atoms with Gasteiger partial charge in [-0.2, -0.15) is 0 Å². The van der Waals surface area contributed by atoms with Crippen molar-refractivity contribution in [1.82, 2.24) is 4.90 Å². The Kier molecular flexibility index (Phi) is 4.62. The third kappa shape index (κ3) is 4.03. The molecule has 0 aliphatic carbocycles. The Morgan fingerprint density at radius 2 is 2.15 bits per heavy atom. The molecule has 1 N–H and O–H groups in total. The van der Waals surface area contributed by atoms with Gasteiger partial charge in [-0.05, 0) is 13.3 Å². The molecule has 0 heterocycles. The maximum Gasteiger partial charge on any atom is 0.153 e. The molecule has 0 amide bonds. The minimum Gasteiger partial charge on any atom is -0.380 e. The third-order valence-electron chi connectivity index (χ3n) is 2.06. The monoisotopic (exact) mass is 186 g/mol. The lowest BCUT2D eigenvalue weighted by Gasteiger charge is -2.18. The van der Waals surface area contributed by atoms with Crippen LogP contribution in [0.15, 0.2) is 4.99 Å². The average molecular weight is 186 g/mol. The van der Waals surface area contributed by atoms with Gasteiger partial charge in [-0.1, -0.05) is 6.92 Å². The van der Waals surface area contributed by atoms with Crippen LogP contribution >= 0.6 is 0 Å². The van der Waals surface area contributed by atoms with E-state index >= 15 is 0 Å². The lowest BCUT2D eigenvalue weighted by molar-refractivity contribution is -0.123. The van der Waals surface area contributed by atoms with E-state index in [2.05, 4.69) is 4.99 Å². The van der Waals surface area contributed by atoms with Crippen LogP contribution in [0, 0.1) is 0 Å². The summed E-state index contributed by atoms with van der Waals surface area (Å²) in [5.41, 5.74) is -1.29. The van der Waals surface area contributed by atoms with Crippen molar-refractivity contribution in [3.8, 4) is 0 Å². The maximum absolute atomic E-state index is 10.5. The van der Waals surface area contributed by atoms with Crippen LogP contribution in [0.4, 0.5) is 0 Å². The summed E-state index contributed by atoms with van der Waals surface area (Å²) >= 11 is 0. The molecule has 0 aromatic heterocycles. The summed E-state index contributed by atoms with van der Waals surface area (Å²) < 4.78 is 0. The van der Waals surface area contributed by atoms with Gasteiger partial charge in [0, 0.05) is 14.1 Å². The molecule has 0 aliphatic rings. The zero-order chi connectivity index (χ0) is 10.5. The van der Waals surface area contributed by atoms with Crippen LogP contribution in [0.25, 0.3) is 0 Å². The van der Waals surface area contributed by atoms with Gasteiger partial charge in [0.15, 0.2) is 6.29 Å². The van der Waals surface area contributed by atoms with Crippen LogP contribution in [-0.2, 0) is 4.79 Å². The second-order valence-corrected chi connectivity index (χ2v) is 3.33. The Hall–Kier alpha value is -0.900. The number of carbonyl (C=O) groups excluding carboxylic acids is 1. The largest absolute Gasteiger partial charge is 0.380 e. The number of hydrogen-bond donors (Lipinski definition) is 1. The van der Waals surface area contributed by atoms with Crippen molar-refractivity contribution in [2.24, 2.45) is 4.99 Å². The molecular weight excluding hydrogens is 168 g/mol. The summed E-state index contributed by atoms with van der Waals surface area (Å²) in [4.78, 5) is 16.4. The van der Waals surface area contributed by atoms with E-state index in [0.717, 1.165) is 5.84 Å². The van der Waals surface area contributed by atoms with Crippen molar-refractivity contribution < 1.29 is 9.90 Å². The van der Waals surface area contributed by atoms with Gasteiger partial charge in [-0.25, -0.2) is 0 Å². The van der Waals surface area contributed by atoms with Gasteiger partial charge in [0.2, 0.25) is 0 Å². The number of hydrogen-bond acceptors (Lipinski definition) is 3. The average Bonchev–Trinajstić information content (AvgIpc) is 2.13. The predicted octanol–water partition coefficient (Wildman–Crippen LogP) is 0.306. The molecule has 0 aromatic carbocycles. The molecule has 4 nitrogen and oxygen atoms in total. The van der Waals surface area contributed by atoms with E-state index in [1.807, 2.05) is 25.9 Å². The van der Waals surface area contributed by atoms with Gasteiger partial charge in [0.05, 0.1) is 12.4 Å². The van der Waals surface area contributed by atoms with E-state index < -0.39 is 5.60 Å². The minimum atomic E-state index is -1.29. The number of aldehydes is 1. The summed E-state index contributed by atoms with van der Waals surface area (Å²) in [5.74, 6) is 0.800. The van der Waals surface area contributed by atoms with E-state index in [1.165, 1.54) is 0 Å². The Morgan fingerprint density at radius 3 is 2.46 bits per heavy atom. The fourth-order valence-corrected chi connectivity index (χ4v) is 0.625. The van der Waals surface area contributed by atoms with E-state index in [9.17, 15) is 9.90 Å². The quantitative estimate of drug-likeness (QED) is 0.390. The molecule has 0 saturated carbocycles. The molecule has 13 heavy (non-hydrogen) atoms. The van der Waals surface area contributed by atoms with Crippen molar-refractivity contribution in [3.63, 3.8) is 0 Å². The number of aliphatic hydroxyl groups is 1. The molecule has 0 spiro atoms. The fourth-order valence-electron chi connectivity index (χ4n) is 0.625. The van der Waals surface area contributed by atoms with E-state index in [0.29, 0.717) is 12.7 Å². The zero-order valence-corrected chi connectivity index (χ0v) is 8.74. The van der Waals surface area contributed by atoms with Crippen molar-refractivity contribution >= 4 is 12.1 Å². The standard InChI is InChI=1S/C9H18N2O2/c1-5-9(13,7-12)6-10-8(2)11(3)4/h7,13H,5-6H2,1-4H3. The first-order valence-corrected chi connectivity index (χ1v) is 4.32. The van der Waals surface area contributed by atoms with Crippen LogP contribution in [0.3, 0.4) is 0 Å². The highest BCUT2D eigenvalue weighted by atomic mass is 16.3. The molecule has 76 valence electrons.